The quantitative estimate of drug-likeness (QED) is 0.302. The van der Waals surface area contributed by atoms with Crippen molar-refractivity contribution in [2.75, 3.05) is 11.9 Å². The third-order valence-corrected chi connectivity index (χ3v) is 4.88. The zero-order valence-electron chi connectivity index (χ0n) is 17.3. The number of halogens is 2. The van der Waals surface area contributed by atoms with E-state index in [1.807, 2.05) is 37.3 Å². The first-order valence-corrected chi connectivity index (χ1v) is 10.6. The first kappa shape index (κ1) is 23.0. The van der Waals surface area contributed by atoms with Crippen LogP contribution in [0, 0.1) is 17.1 Å². The molecule has 0 saturated carbocycles. The Morgan fingerprint density at radius 1 is 1.06 bits per heavy atom. The van der Waals surface area contributed by atoms with Crippen molar-refractivity contribution in [3.8, 4) is 17.6 Å². The van der Waals surface area contributed by atoms with Crippen molar-refractivity contribution in [2.45, 2.75) is 13.5 Å². The molecule has 0 saturated heterocycles. The van der Waals surface area contributed by atoms with E-state index in [9.17, 15) is 14.4 Å². The van der Waals surface area contributed by atoms with Gasteiger partial charge in [0.05, 0.1) is 6.61 Å². The van der Waals surface area contributed by atoms with Gasteiger partial charge in [-0.3, -0.25) is 4.79 Å². The van der Waals surface area contributed by atoms with Gasteiger partial charge >= 0.3 is 0 Å². The van der Waals surface area contributed by atoms with Gasteiger partial charge in [0.25, 0.3) is 5.91 Å². The molecule has 0 aliphatic heterocycles. The van der Waals surface area contributed by atoms with E-state index < -0.39 is 11.7 Å². The minimum Gasteiger partial charge on any atom is -0.490 e. The number of benzene rings is 3. The molecule has 7 heteroatoms. The fourth-order valence-corrected chi connectivity index (χ4v) is 3.05. The Bertz CT molecular complexity index is 1150. The van der Waals surface area contributed by atoms with Crippen LogP contribution in [-0.4, -0.2) is 12.5 Å². The topological polar surface area (TPSA) is 71.3 Å². The molecule has 0 aliphatic carbocycles. The summed E-state index contributed by atoms with van der Waals surface area (Å²) in [7, 11) is 0. The maximum Gasteiger partial charge on any atom is 0.266 e. The van der Waals surface area contributed by atoms with Gasteiger partial charge in [-0.2, -0.15) is 5.26 Å². The van der Waals surface area contributed by atoms with Gasteiger partial charge < -0.3 is 14.8 Å². The van der Waals surface area contributed by atoms with Crippen LogP contribution in [0.5, 0.6) is 11.5 Å². The van der Waals surface area contributed by atoms with E-state index in [-0.39, 0.29) is 5.57 Å². The summed E-state index contributed by atoms with van der Waals surface area (Å²) in [4.78, 5) is 12.4. The predicted molar refractivity (Wildman–Crippen MR) is 125 cm³/mol. The number of nitrogens with zero attached hydrogens (tertiary/aromatic N) is 1. The van der Waals surface area contributed by atoms with Crippen LogP contribution in [0.1, 0.15) is 18.1 Å². The van der Waals surface area contributed by atoms with Crippen LogP contribution in [0.15, 0.2) is 76.8 Å². The smallest absolute Gasteiger partial charge is 0.266 e. The number of nitriles is 1. The summed E-state index contributed by atoms with van der Waals surface area (Å²) < 4.78 is 25.6. The van der Waals surface area contributed by atoms with Crippen LogP contribution in [0.25, 0.3) is 6.08 Å². The van der Waals surface area contributed by atoms with E-state index in [0.717, 1.165) is 10.0 Å². The maximum absolute atomic E-state index is 13.0. The molecule has 1 amide bonds. The van der Waals surface area contributed by atoms with Crippen molar-refractivity contribution in [3.05, 3.63) is 93.7 Å². The Hall–Kier alpha value is -3.63. The van der Waals surface area contributed by atoms with Gasteiger partial charge in [-0.25, -0.2) is 4.39 Å². The van der Waals surface area contributed by atoms with Crippen molar-refractivity contribution in [2.24, 2.45) is 0 Å². The molecule has 0 aromatic heterocycles. The largest absolute Gasteiger partial charge is 0.490 e. The van der Waals surface area contributed by atoms with Gasteiger partial charge in [0.2, 0.25) is 0 Å². The van der Waals surface area contributed by atoms with Gasteiger partial charge in [0, 0.05) is 10.2 Å². The molecule has 3 aromatic carbocycles. The number of anilines is 1. The average Bonchev–Trinajstić information content (AvgIpc) is 2.79. The highest BCUT2D eigenvalue weighted by Crippen LogP contribution is 2.30. The monoisotopic (exact) mass is 494 g/mol. The van der Waals surface area contributed by atoms with Crippen LogP contribution in [0.4, 0.5) is 10.1 Å². The Labute approximate surface area is 194 Å². The number of rotatable bonds is 8. The Morgan fingerprint density at radius 3 is 2.44 bits per heavy atom. The lowest BCUT2D eigenvalue weighted by atomic mass is 10.1. The molecule has 0 bridgehead atoms. The van der Waals surface area contributed by atoms with Crippen molar-refractivity contribution in [1.29, 1.82) is 5.26 Å². The third-order valence-electron chi connectivity index (χ3n) is 4.35. The van der Waals surface area contributed by atoms with E-state index in [2.05, 4.69) is 21.2 Å². The second kappa shape index (κ2) is 11.1. The number of hydrogen-bond acceptors (Lipinski definition) is 4. The summed E-state index contributed by atoms with van der Waals surface area (Å²) in [5, 5.41) is 12.0. The molecule has 0 aliphatic rings. The summed E-state index contributed by atoms with van der Waals surface area (Å²) >= 11 is 3.41. The second-order valence-corrected chi connectivity index (χ2v) is 7.60. The Balaban J connectivity index is 1.76. The van der Waals surface area contributed by atoms with Crippen molar-refractivity contribution >= 4 is 33.6 Å². The predicted octanol–water partition coefficient (Wildman–Crippen LogP) is 6.11. The lowest BCUT2D eigenvalue weighted by Gasteiger charge is -2.13. The molecule has 0 unspecified atom stereocenters. The first-order chi connectivity index (χ1) is 15.5. The van der Waals surface area contributed by atoms with E-state index in [0.29, 0.717) is 36.0 Å². The Morgan fingerprint density at radius 2 is 1.78 bits per heavy atom. The second-order valence-electron chi connectivity index (χ2n) is 6.69. The first-order valence-electron chi connectivity index (χ1n) is 9.81. The number of nitrogens with one attached hydrogen (secondary N) is 1. The van der Waals surface area contributed by atoms with Gasteiger partial charge in [-0.1, -0.05) is 34.1 Å². The number of carbonyl (C=O) groups excluding carboxylic acids is 1. The molecule has 162 valence electrons. The van der Waals surface area contributed by atoms with Crippen LogP contribution in [-0.2, 0) is 11.4 Å². The van der Waals surface area contributed by atoms with Crippen molar-refractivity contribution in [3.63, 3.8) is 0 Å². The van der Waals surface area contributed by atoms with E-state index >= 15 is 0 Å². The maximum atomic E-state index is 13.0. The van der Waals surface area contributed by atoms with Crippen LogP contribution in [0.2, 0.25) is 0 Å². The van der Waals surface area contributed by atoms with Gasteiger partial charge in [0.1, 0.15) is 24.1 Å². The summed E-state index contributed by atoms with van der Waals surface area (Å²) in [5.41, 5.74) is 1.91. The standard InChI is InChI=1S/C25H20BrFN2O3/c1-2-31-24-14-18(5-12-23(24)32-16-17-3-6-20(26)7-4-17)13-19(15-28)25(30)29-22-10-8-21(27)9-11-22/h3-14H,2,16H2,1H3,(H,29,30)/b19-13-. The zero-order valence-corrected chi connectivity index (χ0v) is 18.9. The van der Waals surface area contributed by atoms with Crippen molar-refractivity contribution < 1.29 is 18.7 Å². The number of carbonyl (C=O) groups is 1. The lowest BCUT2D eigenvalue weighted by Crippen LogP contribution is -2.13. The highest BCUT2D eigenvalue weighted by molar-refractivity contribution is 9.10. The van der Waals surface area contributed by atoms with Crippen LogP contribution >= 0.6 is 15.9 Å². The molecule has 32 heavy (non-hydrogen) atoms. The lowest BCUT2D eigenvalue weighted by molar-refractivity contribution is -0.112. The molecule has 3 rings (SSSR count). The third kappa shape index (κ3) is 6.43. The molecule has 0 fully saturated rings. The highest BCUT2D eigenvalue weighted by atomic mass is 79.9. The van der Waals surface area contributed by atoms with Gasteiger partial charge in [-0.05, 0) is 72.7 Å². The Kier molecular flexibility index (Phi) is 8.01. The number of hydrogen-bond donors (Lipinski definition) is 1. The van der Waals surface area contributed by atoms with E-state index in [4.69, 9.17) is 9.47 Å². The number of ether oxygens (including phenoxy) is 2. The summed E-state index contributed by atoms with van der Waals surface area (Å²) in [6.07, 6.45) is 1.46. The number of amides is 1. The average molecular weight is 495 g/mol. The molecule has 0 heterocycles. The molecule has 0 atom stereocenters. The summed E-state index contributed by atoms with van der Waals surface area (Å²) in [5.74, 6) is 0.0633. The van der Waals surface area contributed by atoms with E-state index in [1.165, 1.54) is 30.3 Å². The molecule has 5 nitrogen and oxygen atoms in total. The summed E-state index contributed by atoms with van der Waals surface area (Å²) in [6, 6.07) is 20.2. The molecular weight excluding hydrogens is 475 g/mol. The fraction of sp³-hybridized carbons (Fsp3) is 0.120. The molecule has 1 N–H and O–H groups in total. The molecule has 3 aromatic rings. The highest BCUT2D eigenvalue weighted by Gasteiger charge is 2.12. The van der Waals surface area contributed by atoms with Gasteiger partial charge in [0.15, 0.2) is 11.5 Å². The minimum atomic E-state index is -0.590. The van der Waals surface area contributed by atoms with Gasteiger partial charge in [-0.15, -0.1) is 0 Å². The summed E-state index contributed by atoms with van der Waals surface area (Å²) in [6.45, 7) is 2.65. The molecular formula is C25H20BrFN2O3. The zero-order chi connectivity index (χ0) is 22.9. The normalized spacial score (nSPS) is 10.9. The van der Waals surface area contributed by atoms with Crippen molar-refractivity contribution in [1.82, 2.24) is 0 Å². The molecule has 0 spiro atoms. The minimum absolute atomic E-state index is 0.0969. The van der Waals surface area contributed by atoms with Crippen LogP contribution in [0.3, 0.4) is 0 Å². The SMILES string of the molecule is CCOc1cc(/C=C(/C#N)C(=O)Nc2ccc(F)cc2)ccc1OCc1ccc(Br)cc1. The fourth-order valence-electron chi connectivity index (χ4n) is 2.79. The van der Waals surface area contributed by atoms with E-state index in [1.54, 1.807) is 18.2 Å². The van der Waals surface area contributed by atoms with Crippen LogP contribution < -0.4 is 14.8 Å². The molecule has 0 radical (unpaired) electrons.